The molecule has 0 saturated carbocycles. The minimum absolute atomic E-state index is 0.0240. The van der Waals surface area contributed by atoms with Gasteiger partial charge in [-0.15, -0.1) is 0 Å². The second kappa shape index (κ2) is 8.25. The first kappa shape index (κ1) is 13.9. The fourth-order valence-corrected chi connectivity index (χ4v) is 1.47. The highest BCUT2D eigenvalue weighted by Crippen LogP contribution is 2.01. The maximum Gasteiger partial charge on any atom is 0.223 e. The average Bonchev–Trinajstić information content (AvgIpc) is 2.23. The first-order chi connectivity index (χ1) is 7.11. The number of amides is 1. The van der Waals surface area contributed by atoms with Crippen LogP contribution in [0.4, 0.5) is 0 Å². The van der Waals surface area contributed by atoms with E-state index in [4.69, 9.17) is 5.26 Å². The van der Waals surface area contributed by atoms with Crippen LogP contribution in [0.15, 0.2) is 0 Å². The minimum atomic E-state index is 0.0240. The molecular formula is C11H21N3O. The zero-order valence-electron chi connectivity index (χ0n) is 9.92. The molecule has 0 spiro atoms. The van der Waals surface area contributed by atoms with Crippen LogP contribution in [0.2, 0.25) is 0 Å². The van der Waals surface area contributed by atoms with Crippen molar-refractivity contribution < 1.29 is 4.79 Å². The van der Waals surface area contributed by atoms with E-state index < -0.39 is 0 Å². The predicted molar refractivity (Wildman–Crippen MR) is 60.2 cm³/mol. The molecule has 0 aliphatic carbocycles. The van der Waals surface area contributed by atoms with Crippen molar-refractivity contribution in [2.75, 3.05) is 27.2 Å². The van der Waals surface area contributed by atoms with E-state index in [1.165, 1.54) is 0 Å². The van der Waals surface area contributed by atoms with Gasteiger partial charge in [0, 0.05) is 25.9 Å². The second-order valence-corrected chi connectivity index (χ2v) is 3.89. The Kier molecular flexibility index (Phi) is 7.65. The number of carbonyl (C=O) groups is 1. The summed E-state index contributed by atoms with van der Waals surface area (Å²) in [5.74, 6) is 0.106. The molecule has 0 saturated heterocycles. The Morgan fingerprint density at radius 3 is 2.73 bits per heavy atom. The first-order valence-electron chi connectivity index (χ1n) is 5.39. The second-order valence-electron chi connectivity index (χ2n) is 3.89. The fourth-order valence-electron chi connectivity index (χ4n) is 1.47. The van der Waals surface area contributed by atoms with E-state index in [1.807, 2.05) is 14.0 Å². The number of rotatable bonds is 7. The topological polar surface area (TPSA) is 56.1 Å². The van der Waals surface area contributed by atoms with Gasteiger partial charge in [0.2, 0.25) is 5.91 Å². The molecule has 1 unspecified atom stereocenters. The summed E-state index contributed by atoms with van der Waals surface area (Å²) < 4.78 is 0. The SMILES string of the molecule is CNC(=O)C(C)CN(C)CCCCC#N. The van der Waals surface area contributed by atoms with Crippen molar-refractivity contribution in [1.29, 1.82) is 5.26 Å². The van der Waals surface area contributed by atoms with Crippen LogP contribution in [0.25, 0.3) is 0 Å². The van der Waals surface area contributed by atoms with Gasteiger partial charge < -0.3 is 10.2 Å². The average molecular weight is 211 g/mol. The monoisotopic (exact) mass is 211 g/mol. The van der Waals surface area contributed by atoms with Crippen molar-refractivity contribution in [3.05, 3.63) is 0 Å². The number of unbranched alkanes of at least 4 members (excludes halogenated alkanes) is 2. The third-order valence-corrected chi connectivity index (χ3v) is 2.36. The van der Waals surface area contributed by atoms with Crippen molar-refractivity contribution in [3.8, 4) is 6.07 Å². The highest BCUT2D eigenvalue weighted by atomic mass is 16.1. The molecule has 0 aromatic rings. The van der Waals surface area contributed by atoms with Crippen LogP contribution in [0.5, 0.6) is 0 Å². The lowest BCUT2D eigenvalue weighted by molar-refractivity contribution is -0.124. The Morgan fingerprint density at radius 1 is 1.53 bits per heavy atom. The van der Waals surface area contributed by atoms with Crippen LogP contribution in [0.1, 0.15) is 26.2 Å². The summed E-state index contributed by atoms with van der Waals surface area (Å²) >= 11 is 0. The Morgan fingerprint density at radius 2 is 2.20 bits per heavy atom. The number of hydrogen-bond acceptors (Lipinski definition) is 3. The largest absolute Gasteiger partial charge is 0.359 e. The summed E-state index contributed by atoms with van der Waals surface area (Å²) in [6, 6.07) is 2.13. The molecule has 0 bridgehead atoms. The van der Waals surface area contributed by atoms with E-state index in [0.717, 1.165) is 25.9 Å². The molecule has 4 heteroatoms. The molecule has 15 heavy (non-hydrogen) atoms. The molecule has 86 valence electrons. The quantitative estimate of drug-likeness (QED) is 0.639. The third kappa shape index (κ3) is 6.92. The van der Waals surface area contributed by atoms with Crippen LogP contribution >= 0.6 is 0 Å². The van der Waals surface area contributed by atoms with Crippen molar-refractivity contribution in [2.24, 2.45) is 5.92 Å². The molecule has 0 heterocycles. The van der Waals surface area contributed by atoms with Gasteiger partial charge in [-0.1, -0.05) is 6.92 Å². The Labute approximate surface area is 92.3 Å². The van der Waals surface area contributed by atoms with Gasteiger partial charge in [-0.05, 0) is 26.4 Å². The van der Waals surface area contributed by atoms with E-state index in [0.29, 0.717) is 6.42 Å². The zero-order chi connectivity index (χ0) is 11.7. The van der Waals surface area contributed by atoms with Gasteiger partial charge in [-0.2, -0.15) is 5.26 Å². The van der Waals surface area contributed by atoms with Crippen LogP contribution in [-0.4, -0.2) is 38.0 Å². The van der Waals surface area contributed by atoms with E-state index >= 15 is 0 Å². The molecule has 0 radical (unpaired) electrons. The van der Waals surface area contributed by atoms with E-state index in [1.54, 1.807) is 7.05 Å². The Bertz CT molecular complexity index is 222. The lowest BCUT2D eigenvalue weighted by atomic mass is 10.1. The maximum atomic E-state index is 11.2. The summed E-state index contributed by atoms with van der Waals surface area (Å²) in [4.78, 5) is 13.4. The lowest BCUT2D eigenvalue weighted by Crippen LogP contribution is -2.34. The third-order valence-electron chi connectivity index (χ3n) is 2.36. The van der Waals surface area contributed by atoms with Gasteiger partial charge in [0.05, 0.1) is 6.07 Å². The number of nitrogens with zero attached hydrogens (tertiary/aromatic N) is 2. The first-order valence-corrected chi connectivity index (χ1v) is 5.39. The van der Waals surface area contributed by atoms with Crippen molar-refractivity contribution in [3.63, 3.8) is 0 Å². The predicted octanol–water partition coefficient (Wildman–Crippen LogP) is 0.994. The number of nitriles is 1. The van der Waals surface area contributed by atoms with Gasteiger partial charge >= 0.3 is 0 Å². The van der Waals surface area contributed by atoms with Gasteiger partial charge in [0.1, 0.15) is 0 Å². The molecule has 1 N–H and O–H groups in total. The Balaban J connectivity index is 3.60. The molecule has 0 rings (SSSR count). The van der Waals surface area contributed by atoms with Gasteiger partial charge in [-0.3, -0.25) is 4.79 Å². The highest BCUT2D eigenvalue weighted by molar-refractivity contribution is 5.78. The molecule has 0 aromatic carbocycles. The summed E-state index contributed by atoms with van der Waals surface area (Å²) in [5, 5.41) is 11.0. The number of nitrogens with one attached hydrogen (secondary N) is 1. The molecule has 1 atom stereocenters. The Hall–Kier alpha value is -1.08. The zero-order valence-corrected chi connectivity index (χ0v) is 9.92. The minimum Gasteiger partial charge on any atom is -0.359 e. The van der Waals surface area contributed by atoms with Crippen molar-refractivity contribution in [2.45, 2.75) is 26.2 Å². The standard InChI is InChI=1S/C11H21N3O/c1-10(11(15)13-2)9-14(3)8-6-4-5-7-12/h10H,4-6,8-9H2,1-3H3,(H,13,15). The van der Waals surface area contributed by atoms with Crippen LogP contribution < -0.4 is 5.32 Å². The number of hydrogen-bond donors (Lipinski definition) is 1. The molecular weight excluding hydrogens is 190 g/mol. The van der Waals surface area contributed by atoms with Crippen LogP contribution in [-0.2, 0) is 4.79 Å². The number of carbonyl (C=O) groups excluding carboxylic acids is 1. The summed E-state index contributed by atoms with van der Waals surface area (Å²) in [6.45, 7) is 3.64. The van der Waals surface area contributed by atoms with Crippen molar-refractivity contribution >= 4 is 5.91 Å². The lowest BCUT2D eigenvalue weighted by Gasteiger charge is -2.19. The van der Waals surface area contributed by atoms with Gasteiger partial charge in [0.25, 0.3) is 0 Å². The maximum absolute atomic E-state index is 11.2. The fraction of sp³-hybridized carbons (Fsp3) is 0.818. The molecule has 1 amide bonds. The molecule has 0 aliphatic rings. The van der Waals surface area contributed by atoms with Gasteiger partial charge in [0.15, 0.2) is 0 Å². The highest BCUT2D eigenvalue weighted by Gasteiger charge is 2.12. The van der Waals surface area contributed by atoms with E-state index in [9.17, 15) is 4.79 Å². The van der Waals surface area contributed by atoms with E-state index in [2.05, 4.69) is 16.3 Å². The van der Waals surface area contributed by atoms with Crippen molar-refractivity contribution in [1.82, 2.24) is 10.2 Å². The molecule has 0 fully saturated rings. The molecule has 0 aliphatic heterocycles. The normalized spacial score (nSPS) is 12.2. The summed E-state index contributed by atoms with van der Waals surface area (Å²) in [6.07, 6.45) is 2.58. The summed E-state index contributed by atoms with van der Waals surface area (Å²) in [5.41, 5.74) is 0. The molecule has 4 nitrogen and oxygen atoms in total. The smallest absolute Gasteiger partial charge is 0.223 e. The molecule has 0 aromatic heterocycles. The van der Waals surface area contributed by atoms with E-state index in [-0.39, 0.29) is 11.8 Å². The van der Waals surface area contributed by atoms with Gasteiger partial charge in [-0.25, -0.2) is 0 Å². The summed E-state index contributed by atoms with van der Waals surface area (Å²) in [7, 11) is 3.66. The van der Waals surface area contributed by atoms with Crippen LogP contribution in [0, 0.1) is 17.2 Å². The van der Waals surface area contributed by atoms with Crippen LogP contribution in [0.3, 0.4) is 0 Å².